The number of rotatable bonds is 3. The molecule has 1 aromatic carbocycles. The molecule has 1 heterocycles. The Morgan fingerprint density at radius 3 is 2.08 bits per heavy atom. The van der Waals surface area contributed by atoms with Crippen LogP contribution in [-0.2, 0) is 20.9 Å². The molecule has 2 rings (SSSR count). The summed E-state index contributed by atoms with van der Waals surface area (Å²) in [6.07, 6.45) is 1.67. The Morgan fingerprint density at radius 2 is 1.67 bits per heavy atom. The van der Waals surface area contributed by atoms with Crippen LogP contribution in [0.2, 0.25) is 10.0 Å². The lowest BCUT2D eigenvalue weighted by molar-refractivity contribution is -0.159. The number of halogens is 2. The number of benzene rings is 1. The van der Waals surface area contributed by atoms with Gasteiger partial charge in [-0.25, -0.2) is 9.59 Å². The highest BCUT2D eigenvalue weighted by molar-refractivity contribution is 6.35. The first-order chi connectivity index (χ1) is 11.2. The van der Waals surface area contributed by atoms with Crippen LogP contribution in [0.4, 0.5) is 0 Å². The Balaban J connectivity index is 0.000000413. The lowest BCUT2D eigenvalue weighted by Gasteiger charge is -2.30. The van der Waals surface area contributed by atoms with Gasteiger partial charge in [0.1, 0.15) is 0 Å². The molecule has 1 aliphatic rings. The summed E-state index contributed by atoms with van der Waals surface area (Å²) in [5, 5.41) is 16.1. The molecule has 0 aromatic heterocycles. The number of amides is 1. The molecule has 0 unspecified atom stereocenters. The fourth-order valence-corrected chi connectivity index (χ4v) is 2.73. The summed E-state index contributed by atoms with van der Waals surface area (Å²) in [5.41, 5.74) is 6.38. The predicted molar refractivity (Wildman–Crippen MR) is 88.9 cm³/mol. The van der Waals surface area contributed by atoms with Gasteiger partial charge in [-0.1, -0.05) is 29.3 Å². The molecule has 0 bridgehead atoms. The van der Waals surface area contributed by atoms with Gasteiger partial charge in [-0.3, -0.25) is 9.69 Å². The molecular weight excluding hydrogens is 359 g/mol. The van der Waals surface area contributed by atoms with E-state index in [-0.39, 0.29) is 11.8 Å². The monoisotopic (exact) mass is 376 g/mol. The van der Waals surface area contributed by atoms with Gasteiger partial charge in [0.15, 0.2) is 0 Å². The van der Waals surface area contributed by atoms with Crippen LogP contribution in [0.15, 0.2) is 18.2 Å². The zero-order valence-corrected chi connectivity index (χ0v) is 14.3. The SMILES string of the molecule is NC(=O)C1CCN(Cc2ccc(Cl)cc2Cl)CC1.O=C(O)C(=O)O. The van der Waals surface area contributed by atoms with Gasteiger partial charge in [-0.2, -0.15) is 0 Å². The topological polar surface area (TPSA) is 121 Å². The average molecular weight is 377 g/mol. The summed E-state index contributed by atoms with van der Waals surface area (Å²) in [6, 6.07) is 5.55. The number of likely N-dealkylation sites (tertiary alicyclic amines) is 1. The molecule has 1 aliphatic heterocycles. The number of hydrogen-bond donors (Lipinski definition) is 3. The van der Waals surface area contributed by atoms with Crippen molar-refractivity contribution in [2.24, 2.45) is 11.7 Å². The number of nitrogens with zero attached hydrogens (tertiary/aromatic N) is 1. The van der Waals surface area contributed by atoms with Crippen LogP contribution in [0, 0.1) is 5.92 Å². The molecule has 0 atom stereocenters. The van der Waals surface area contributed by atoms with E-state index in [1.165, 1.54) is 0 Å². The number of carboxylic acids is 2. The minimum absolute atomic E-state index is 0.0296. The third kappa shape index (κ3) is 6.74. The van der Waals surface area contributed by atoms with E-state index in [0.29, 0.717) is 10.0 Å². The van der Waals surface area contributed by atoms with Crippen molar-refractivity contribution < 1.29 is 24.6 Å². The third-order valence-corrected chi connectivity index (χ3v) is 4.17. The largest absolute Gasteiger partial charge is 0.473 e. The minimum Gasteiger partial charge on any atom is -0.473 e. The molecule has 0 radical (unpaired) electrons. The second kappa shape index (κ2) is 9.46. The number of primary amides is 1. The van der Waals surface area contributed by atoms with Crippen molar-refractivity contribution in [3.05, 3.63) is 33.8 Å². The fourth-order valence-electron chi connectivity index (χ4n) is 2.27. The highest BCUT2D eigenvalue weighted by atomic mass is 35.5. The predicted octanol–water partition coefficient (Wildman–Crippen LogP) is 1.85. The lowest BCUT2D eigenvalue weighted by atomic mass is 9.96. The Bertz CT molecular complexity index is 604. The molecule has 24 heavy (non-hydrogen) atoms. The Kier molecular flexibility index (Phi) is 7.97. The minimum atomic E-state index is -1.82. The van der Waals surface area contributed by atoms with Crippen LogP contribution >= 0.6 is 23.2 Å². The van der Waals surface area contributed by atoms with Gasteiger partial charge in [0.25, 0.3) is 0 Å². The van der Waals surface area contributed by atoms with E-state index in [2.05, 4.69) is 4.90 Å². The lowest BCUT2D eigenvalue weighted by Crippen LogP contribution is -2.38. The number of carbonyl (C=O) groups excluding carboxylic acids is 1. The first kappa shape index (κ1) is 20.2. The second-order valence-corrected chi connectivity index (χ2v) is 6.14. The zero-order chi connectivity index (χ0) is 18.3. The number of nitrogens with two attached hydrogens (primary N) is 1. The molecule has 1 fully saturated rings. The summed E-state index contributed by atoms with van der Waals surface area (Å²) >= 11 is 12.0. The summed E-state index contributed by atoms with van der Waals surface area (Å²) in [7, 11) is 0. The molecule has 132 valence electrons. The molecule has 1 aromatic rings. The molecular formula is C15H18Cl2N2O5. The summed E-state index contributed by atoms with van der Waals surface area (Å²) in [4.78, 5) is 31.6. The number of carboxylic acid groups (broad SMARTS) is 2. The van der Waals surface area contributed by atoms with Gasteiger partial charge >= 0.3 is 11.9 Å². The van der Waals surface area contributed by atoms with E-state index in [0.717, 1.165) is 38.0 Å². The quantitative estimate of drug-likeness (QED) is 0.692. The molecule has 1 saturated heterocycles. The van der Waals surface area contributed by atoms with Gasteiger partial charge in [0.05, 0.1) is 0 Å². The van der Waals surface area contributed by atoms with Gasteiger partial charge < -0.3 is 15.9 Å². The van der Waals surface area contributed by atoms with E-state index < -0.39 is 11.9 Å². The van der Waals surface area contributed by atoms with E-state index in [9.17, 15) is 4.79 Å². The first-order valence-corrected chi connectivity index (χ1v) is 7.88. The smallest absolute Gasteiger partial charge is 0.414 e. The maximum atomic E-state index is 11.1. The maximum absolute atomic E-state index is 11.1. The normalized spacial score (nSPS) is 15.2. The Labute approximate surface area is 148 Å². The molecule has 0 saturated carbocycles. The van der Waals surface area contributed by atoms with Crippen molar-refractivity contribution in [2.75, 3.05) is 13.1 Å². The number of carbonyl (C=O) groups is 3. The second-order valence-electron chi connectivity index (χ2n) is 5.30. The molecule has 7 nitrogen and oxygen atoms in total. The summed E-state index contributed by atoms with van der Waals surface area (Å²) in [6.45, 7) is 2.56. The van der Waals surface area contributed by atoms with Crippen LogP contribution in [0.1, 0.15) is 18.4 Å². The highest BCUT2D eigenvalue weighted by Gasteiger charge is 2.23. The molecule has 0 spiro atoms. The van der Waals surface area contributed by atoms with Crippen molar-refractivity contribution >= 4 is 41.0 Å². The zero-order valence-electron chi connectivity index (χ0n) is 12.7. The standard InChI is InChI=1S/C13H16Cl2N2O.C2H2O4/c14-11-2-1-10(12(15)7-11)8-17-5-3-9(4-6-17)13(16)18;3-1(4)2(5)6/h1-2,7,9H,3-6,8H2,(H2,16,18);(H,3,4)(H,5,6). The van der Waals surface area contributed by atoms with Crippen LogP contribution < -0.4 is 5.73 Å². The molecule has 4 N–H and O–H groups in total. The van der Waals surface area contributed by atoms with Crippen molar-refractivity contribution in [1.29, 1.82) is 0 Å². The maximum Gasteiger partial charge on any atom is 0.414 e. The van der Waals surface area contributed by atoms with Crippen molar-refractivity contribution in [3.8, 4) is 0 Å². The van der Waals surface area contributed by atoms with Gasteiger partial charge in [-0.05, 0) is 43.6 Å². The van der Waals surface area contributed by atoms with Crippen molar-refractivity contribution in [3.63, 3.8) is 0 Å². The van der Waals surface area contributed by atoms with E-state index in [4.69, 9.17) is 48.7 Å². The first-order valence-electron chi connectivity index (χ1n) is 7.12. The van der Waals surface area contributed by atoms with E-state index >= 15 is 0 Å². The number of aliphatic carboxylic acids is 2. The average Bonchev–Trinajstić information content (AvgIpc) is 2.51. The number of piperidine rings is 1. The van der Waals surface area contributed by atoms with E-state index in [1.54, 1.807) is 6.07 Å². The van der Waals surface area contributed by atoms with Crippen LogP contribution in [0.5, 0.6) is 0 Å². The van der Waals surface area contributed by atoms with Gasteiger partial charge in [-0.15, -0.1) is 0 Å². The number of hydrogen-bond acceptors (Lipinski definition) is 4. The summed E-state index contributed by atoms with van der Waals surface area (Å²) < 4.78 is 0. The van der Waals surface area contributed by atoms with Crippen molar-refractivity contribution in [1.82, 2.24) is 4.90 Å². The molecule has 1 amide bonds. The Morgan fingerprint density at radius 1 is 1.12 bits per heavy atom. The van der Waals surface area contributed by atoms with Crippen molar-refractivity contribution in [2.45, 2.75) is 19.4 Å². The van der Waals surface area contributed by atoms with Crippen LogP contribution in [0.3, 0.4) is 0 Å². The summed E-state index contributed by atoms with van der Waals surface area (Å²) in [5.74, 6) is -3.80. The Hall–Kier alpha value is -1.83. The third-order valence-electron chi connectivity index (χ3n) is 3.58. The fraction of sp³-hybridized carbons (Fsp3) is 0.400. The van der Waals surface area contributed by atoms with E-state index in [1.807, 2.05) is 12.1 Å². The molecule has 0 aliphatic carbocycles. The van der Waals surface area contributed by atoms with Gasteiger partial charge in [0, 0.05) is 22.5 Å². The van der Waals surface area contributed by atoms with Gasteiger partial charge in [0.2, 0.25) is 5.91 Å². The molecule has 9 heteroatoms. The highest BCUT2D eigenvalue weighted by Crippen LogP contribution is 2.24. The van der Waals surface area contributed by atoms with Crippen LogP contribution in [0.25, 0.3) is 0 Å². The van der Waals surface area contributed by atoms with Crippen LogP contribution in [-0.4, -0.2) is 46.0 Å².